The van der Waals surface area contributed by atoms with Crippen LogP contribution in [0.25, 0.3) is 0 Å². The van der Waals surface area contributed by atoms with Crippen LogP contribution < -0.4 is 5.32 Å². The van der Waals surface area contributed by atoms with Crippen LogP contribution in [0.1, 0.15) is 13.3 Å². The molecule has 0 fully saturated rings. The van der Waals surface area contributed by atoms with Crippen molar-refractivity contribution in [2.24, 2.45) is 0 Å². The number of rotatable bonds is 5. The lowest BCUT2D eigenvalue weighted by Gasteiger charge is -2.06. The average molecular weight is 285 g/mol. The summed E-state index contributed by atoms with van der Waals surface area (Å²) in [6, 6.07) is 5.76. The van der Waals surface area contributed by atoms with E-state index in [0.29, 0.717) is 5.69 Å². The van der Waals surface area contributed by atoms with E-state index in [1.165, 1.54) is 38.3 Å². The third-order valence-corrected chi connectivity index (χ3v) is 4.07. The van der Waals surface area contributed by atoms with Crippen LogP contribution in [-0.4, -0.2) is 33.2 Å². The molecule has 0 aromatic heterocycles. The van der Waals surface area contributed by atoms with E-state index >= 15 is 0 Å². The second kappa shape index (κ2) is 6.33. The molecule has 0 aliphatic carbocycles. The van der Waals surface area contributed by atoms with Crippen LogP contribution in [0.4, 0.5) is 5.69 Å². The Kier molecular flexibility index (Phi) is 5.05. The lowest BCUT2D eigenvalue weighted by molar-refractivity contribution is -0.140. The van der Waals surface area contributed by atoms with Gasteiger partial charge in [0.25, 0.3) is 0 Å². The summed E-state index contributed by atoms with van der Waals surface area (Å²) in [6.45, 7) is 1.36. The summed E-state index contributed by atoms with van der Waals surface area (Å²) in [4.78, 5) is 21.9. The van der Waals surface area contributed by atoms with E-state index in [4.69, 9.17) is 0 Å². The highest BCUT2D eigenvalue weighted by molar-refractivity contribution is 7.91. The van der Waals surface area contributed by atoms with Crippen molar-refractivity contribution >= 4 is 27.4 Å². The highest BCUT2D eigenvalue weighted by Crippen LogP contribution is 2.16. The number of carbonyl (C=O) groups is 2. The summed E-state index contributed by atoms with van der Waals surface area (Å²) in [5.41, 5.74) is 0.513. The molecule has 19 heavy (non-hydrogen) atoms. The van der Waals surface area contributed by atoms with Crippen LogP contribution in [0, 0.1) is 0 Å². The number of hydrogen-bond acceptors (Lipinski definition) is 5. The molecule has 0 radical (unpaired) electrons. The molecule has 1 N–H and O–H groups in total. The van der Waals surface area contributed by atoms with Crippen molar-refractivity contribution < 1.29 is 22.7 Å². The largest absolute Gasteiger partial charge is 0.469 e. The van der Waals surface area contributed by atoms with Crippen LogP contribution in [-0.2, 0) is 24.2 Å². The number of sulfone groups is 1. The van der Waals surface area contributed by atoms with Crippen molar-refractivity contribution in [1.82, 2.24) is 0 Å². The molecule has 6 nitrogen and oxygen atoms in total. The number of anilines is 1. The average Bonchev–Trinajstić information content (AvgIpc) is 2.36. The molecular weight excluding hydrogens is 270 g/mol. The Hall–Kier alpha value is -1.89. The normalized spacial score (nSPS) is 10.8. The molecule has 1 aromatic carbocycles. The molecule has 7 heteroatoms. The predicted molar refractivity (Wildman–Crippen MR) is 69.4 cm³/mol. The van der Waals surface area contributed by atoms with Gasteiger partial charge in [-0.25, -0.2) is 8.42 Å². The second-order valence-corrected chi connectivity index (χ2v) is 5.96. The molecule has 0 aliphatic heterocycles. The Balaban J connectivity index is 2.79. The zero-order valence-corrected chi connectivity index (χ0v) is 11.5. The van der Waals surface area contributed by atoms with E-state index in [2.05, 4.69) is 10.1 Å². The first-order chi connectivity index (χ1) is 8.85. The van der Waals surface area contributed by atoms with Crippen LogP contribution in [0.3, 0.4) is 0 Å². The van der Waals surface area contributed by atoms with E-state index in [0.717, 1.165) is 0 Å². The fourth-order valence-electron chi connectivity index (χ4n) is 1.39. The van der Waals surface area contributed by atoms with Crippen molar-refractivity contribution in [3.05, 3.63) is 24.3 Å². The van der Waals surface area contributed by atoms with Crippen LogP contribution in [0.15, 0.2) is 29.2 Å². The number of nitrogens with one attached hydrogen (secondary N) is 1. The topological polar surface area (TPSA) is 89.5 Å². The van der Waals surface area contributed by atoms with E-state index in [9.17, 15) is 18.0 Å². The van der Waals surface area contributed by atoms with Crippen molar-refractivity contribution in [2.45, 2.75) is 18.2 Å². The molecule has 104 valence electrons. The molecule has 1 aromatic rings. The highest BCUT2D eigenvalue weighted by Gasteiger charge is 2.16. The van der Waals surface area contributed by atoms with Gasteiger partial charge in [-0.05, 0) is 24.3 Å². The Bertz CT molecular complexity index is 562. The smallest absolute Gasteiger partial charge is 0.306 e. The molecule has 0 spiro atoms. The van der Waals surface area contributed by atoms with Gasteiger partial charge in [-0.2, -0.15) is 0 Å². The van der Waals surface area contributed by atoms with Crippen LogP contribution >= 0.6 is 0 Å². The van der Waals surface area contributed by atoms with Gasteiger partial charge in [0, 0.05) is 12.6 Å². The number of methoxy groups -OCH3 is 1. The minimum Gasteiger partial charge on any atom is -0.469 e. The standard InChI is InChI=1S/C12H15NO5S/c1-9(14)13-10-3-5-11(6-4-10)19(16,17)8-7-12(15)18-2/h3-6H,7-8H2,1-2H3,(H,13,14). The third kappa shape index (κ3) is 4.70. The first-order valence-electron chi connectivity index (χ1n) is 5.52. The molecule has 0 saturated carbocycles. The second-order valence-electron chi connectivity index (χ2n) is 3.85. The number of benzene rings is 1. The van der Waals surface area contributed by atoms with Crippen molar-refractivity contribution in [3.63, 3.8) is 0 Å². The summed E-state index contributed by atoms with van der Waals surface area (Å²) < 4.78 is 28.2. The van der Waals surface area contributed by atoms with Gasteiger partial charge in [-0.3, -0.25) is 9.59 Å². The lowest BCUT2D eigenvalue weighted by Crippen LogP contribution is -2.12. The molecule has 0 aliphatic rings. The summed E-state index contributed by atoms with van der Waals surface area (Å²) in [7, 11) is -2.32. The Labute approximate surface area is 111 Å². The SMILES string of the molecule is COC(=O)CCS(=O)(=O)c1ccc(NC(C)=O)cc1. The number of ether oxygens (including phenoxy) is 1. The number of carbonyl (C=O) groups excluding carboxylic acids is 2. The van der Waals surface area contributed by atoms with Crippen molar-refractivity contribution in [1.29, 1.82) is 0 Å². The highest BCUT2D eigenvalue weighted by atomic mass is 32.2. The summed E-state index contributed by atoms with van der Waals surface area (Å²) >= 11 is 0. The fourth-order valence-corrected chi connectivity index (χ4v) is 2.61. The van der Waals surface area contributed by atoms with Gasteiger partial charge in [0.2, 0.25) is 5.91 Å². The van der Waals surface area contributed by atoms with Gasteiger partial charge in [-0.1, -0.05) is 0 Å². The number of amides is 1. The van der Waals surface area contributed by atoms with Crippen LogP contribution in [0.2, 0.25) is 0 Å². The molecule has 0 heterocycles. The summed E-state index contributed by atoms with van der Waals surface area (Å²) in [5.74, 6) is -1.11. The molecule has 0 atom stereocenters. The minimum atomic E-state index is -3.52. The zero-order valence-electron chi connectivity index (χ0n) is 10.7. The quantitative estimate of drug-likeness (QED) is 0.815. The summed E-state index contributed by atoms with van der Waals surface area (Å²) in [6.07, 6.45) is -0.188. The molecule has 0 unspecified atom stereocenters. The number of esters is 1. The van der Waals surface area contributed by atoms with Gasteiger partial charge in [0.05, 0.1) is 24.2 Å². The molecule has 0 bridgehead atoms. The van der Waals surface area contributed by atoms with Crippen molar-refractivity contribution in [3.8, 4) is 0 Å². The maximum atomic E-state index is 11.9. The fraction of sp³-hybridized carbons (Fsp3) is 0.333. The maximum absolute atomic E-state index is 11.9. The lowest BCUT2D eigenvalue weighted by atomic mass is 10.3. The van der Waals surface area contributed by atoms with Gasteiger partial charge in [0.15, 0.2) is 9.84 Å². The van der Waals surface area contributed by atoms with E-state index < -0.39 is 15.8 Å². The van der Waals surface area contributed by atoms with E-state index in [-0.39, 0.29) is 23.0 Å². The Morgan fingerprint density at radius 3 is 2.26 bits per heavy atom. The Morgan fingerprint density at radius 2 is 1.79 bits per heavy atom. The molecule has 0 saturated heterocycles. The van der Waals surface area contributed by atoms with E-state index in [1.807, 2.05) is 0 Å². The number of hydrogen-bond donors (Lipinski definition) is 1. The van der Waals surface area contributed by atoms with Gasteiger partial charge < -0.3 is 10.1 Å². The van der Waals surface area contributed by atoms with Gasteiger partial charge in [0.1, 0.15) is 0 Å². The monoisotopic (exact) mass is 285 g/mol. The predicted octanol–water partition coefficient (Wildman–Crippen LogP) is 0.982. The maximum Gasteiger partial charge on any atom is 0.306 e. The molecular formula is C12H15NO5S. The Morgan fingerprint density at radius 1 is 1.21 bits per heavy atom. The minimum absolute atomic E-state index is 0.102. The van der Waals surface area contributed by atoms with Gasteiger partial charge >= 0.3 is 5.97 Å². The zero-order chi connectivity index (χ0) is 14.5. The third-order valence-electron chi connectivity index (χ3n) is 2.34. The summed E-state index contributed by atoms with van der Waals surface area (Å²) in [5, 5.41) is 2.53. The first kappa shape index (κ1) is 15.2. The van der Waals surface area contributed by atoms with Crippen LogP contribution in [0.5, 0.6) is 0 Å². The van der Waals surface area contributed by atoms with Gasteiger partial charge in [-0.15, -0.1) is 0 Å². The van der Waals surface area contributed by atoms with Crippen molar-refractivity contribution in [2.75, 3.05) is 18.2 Å². The molecule has 1 amide bonds. The first-order valence-corrected chi connectivity index (χ1v) is 7.17. The molecule has 1 rings (SSSR count). The van der Waals surface area contributed by atoms with E-state index in [1.54, 1.807) is 0 Å².